The van der Waals surface area contributed by atoms with E-state index < -0.39 is 0 Å². The molecule has 0 amide bonds. The van der Waals surface area contributed by atoms with E-state index in [0.717, 1.165) is 25.6 Å². The second-order valence-electron chi connectivity index (χ2n) is 6.16. The van der Waals surface area contributed by atoms with Gasteiger partial charge in [-0.1, -0.05) is 48.0 Å². The molecule has 114 valence electrons. The largest absolute Gasteiger partial charge is 0.313 e. The van der Waals surface area contributed by atoms with Gasteiger partial charge in [-0.2, -0.15) is 0 Å². The summed E-state index contributed by atoms with van der Waals surface area (Å²) >= 11 is 3.61. The molecule has 0 spiro atoms. The van der Waals surface area contributed by atoms with Crippen LogP contribution in [0, 0.1) is 5.92 Å². The summed E-state index contributed by atoms with van der Waals surface area (Å²) in [5.41, 5.74) is 1.35. The molecule has 2 nitrogen and oxygen atoms in total. The van der Waals surface area contributed by atoms with E-state index in [9.17, 15) is 0 Å². The van der Waals surface area contributed by atoms with Gasteiger partial charge in [0.25, 0.3) is 0 Å². The topological polar surface area (TPSA) is 15.3 Å². The molecule has 0 aromatic heterocycles. The fourth-order valence-electron chi connectivity index (χ4n) is 2.18. The van der Waals surface area contributed by atoms with Crippen molar-refractivity contribution in [2.45, 2.75) is 46.2 Å². The molecule has 1 N–H and O–H groups in total. The average Bonchev–Trinajstić information content (AvgIpc) is 2.39. The van der Waals surface area contributed by atoms with Crippen LogP contribution in [0.1, 0.15) is 39.2 Å². The Labute approximate surface area is 133 Å². The van der Waals surface area contributed by atoms with Crippen LogP contribution < -0.4 is 5.32 Å². The highest BCUT2D eigenvalue weighted by atomic mass is 79.9. The lowest BCUT2D eigenvalue weighted by molar-refractivity contribution is 0.314. The summed E-state index contributed by atoms with van der Waals surface area (Å²) in [5, 5.41) is 3.62. The molecule has 0 radical (unpaired) electrons. The average molecular weight is 341 g/mol. The quantitative estimate of drug-likeness (QED) is 0.721. The number of halogens is 1. The van der Waals surface area contributed by atoms with Crippen LogP contribution in [0.3, 0.4) is 0 Å². The molecule has 1 rings (SSSR count). The molecule has 1 aromatic rings. The van der Waals surface area contributed by atoms with Crippen LogP contribution in [-0.2, 0) is 6.54 Å². The number of rotatable bonds is 9. The number of likely N-dealkylation sites (N-methyl/N-ethyl adjacent to an activating group) is 1. The van der Waals surface area contributed by atoms with Gasteiger partial charge in [0.2, 0.25) is 0 Å². The molecule has 0 saturated heterocycles. The Morgan fingerprint density at radius 2 is 1.85 bits per heavy atom. The third-order valence-electron chi connectivity index (χ3n) is 3.56. The Bertz CT molecular complexity index is 379. The first-order chi connectivity index (χ1) is 9.49. The summed E-state index contributed by atoms with van der Waals surface area (Å²) in [6.07, 6.45) is 2.58. The smallest absolute Gasteiger partial charge is 0.0242 e. The maximum absolute atomic E-state index is 3.62. The minimum absolute atomic E-state index is 0.620. The molecule has 0 aliphatic rings. The monoisotopic (exact) mass is 340 g/mol. The van der Waals surface area contributed by atoms with Gasteiger partial charge in [0, 0.05) is 30.1 Å². The van der Waals surface area contributed by atoms with Crippen molar-refractivity contribution in [3.8, 4) is 0 Å². The van der Waals surface area contributed by atoms with E-state index in [1.165, 1.54) is 22.9 Å². The van der Waals surface area contributed by atoms with Crippen molar-refractivity contribution in [3.63, 3.8) is 0 Å². The van der Waals surface area contributed by atoms with E-state index in [-0.39, 0.29) is 0 Å². The predicted molar refractivity (Wildman–Crippen MR) is 92.0 cm³/mol. The van der Waals surface area contributed by atoms with Gasteiger partial charge >= 0.3 is 0 Å². The second kappa shape index (κ2) is 9.54. The van der Waals surface area contributed by atoms with E-state index >= 15 is 0 Å². The minimum Gasteiger partial charge on any atom is -0.313 e. The molecular formula is C17H29BrN2. The standard InChI is InChI=1S/C17H29BrN2/c1-14(2)9-10-15(3)19-11-12-20(4)13-16-7-5-6-8-17(16)18/h5-8,14-15,19H,9-13H2,1-4H3. The number of nitrogens with one attached hydrogen (secondary N) is 1. The molecule has 0 aliphatic heterocycles. The van der Waals surface area contributed by atoms with Crippen molar-refractivity contribution in [2.24, 2.45) is 5.92 Å². The van der Waals surface area contributed by atoms with Gasteiger partial charge in [-0.3, -0.25) is 0 Å². The van der Waals surface area contributed by atoms with Crippen LogP contribution in [0.2, 0.25) is 0 Å². The van der Waals surface area contributed by atoms with E-state index in [2.05, 4.69) is 78.2 Å². The minimum atomic E-state index is 0.620. The zero-order valence-corrected chi connectivity index (χ0v) is 14.9. The maximum atomic E-state index is 3.62. The van der Waals surface area contributed by atoms with Gasteiger partial charge in [0.1, 0.15) is 0 Å². The molecule has 0 saturated carbocycles. The number of hydrogen-bond acceptors (Lipinski definition) is 2. The van der Waals surface area contributed by atoms with Crippen LogP contribution in [0.15, 0.2) is 28.7 Å². The van der Waals surface area contributed by atoms with E-state index in [0.29, 0.717) is 6.04 Å². The maximum Gasteiger partial charge on any atom is 0.0242 e. The molecule has 0 fully saturated rings. The lowest BCUT2D eigenvalue weighted by atomic mass is 10.0. The van der Waals surface area contributed by atoms with Crippen molar-refractivity contribution >= 4 is 15.9 Å². The summed E-state index contributed by atoms with van der Waals surface area (Å²) < 4.78 is 1.20. The lowest BCUT2D eigenvalue weighted by Crippen LogP contribution is -2.34. The van der Waals surface area contributed by atoms with E-state index in [4.69, 9.17) is 0 Å². The molecule has 1 unspecified atom stereocenters. The van der Waals surface area contributed by atoms with Gasteiger partial charge < -0.3 is 10.2 Å². The molecule has 0 aliphatic carbocycles. The van der Waals surface area contributed by atoms with Crippen LogP contribution in [0.5, 0.6) is 0 Å². The third-order valence-corrected chi connectivity index (χ3v) is 4.34. The van der Waals surface area contributed by atoms with Crippen molar-refractivity contribution in [1.82, 2.24) is 10.2 Å². The first-order valence-electron chi connectivity index (χ1n) is 7.64. The zero-order chi connectivity index (χ0) is 15.0. The van der Waals surface area contributed by atoms with Gasteiger partial charge in [-0.05, 0) is 44.4 Å². The SMILES string of the molecule is CC(C)CCC(C)NCCN(C)Cc1ccccc1Br. The summed E-state index contributed by atoms with van der Waals surface area (Å²) in [5.74, 6) is 0.803. The van der Waals surface area contributed by atoms with Crippen molar-refractivity contribution in [2.75, 3.05) is 20.1 Å². The van der Waals surface area contributed by atoms with Crippen molar-refractivity contribution < 1.29 is 0 Å². The molecule has 1 aromatic carbocycles. The van der Waals surface area contributed by atoms with Crippen LogP contribution >= 0.6 is 15.9 Å². The van der Waals surface area contributed by atoms with Gasteiger partial charge in [0.05, 0.1) is 0 Å². The Morgan fingerprint density at radius 3 is 2.50 bits per heavy atom. The van der Waals surface area contributed by atoms with Gasteiger partial charge in [0.15, 0.2) is 0 Å². The first-order valence-corrected chi connectivity index (χ1v) is 8.43. The summed E-state index contributed by atoms with van der Waals surface area (Å²) in [6.45, 7) is 9.99. The molecule has 3 heteroatoms. The third kappa shape index (κ3) is 7.41. The molecule has 0 heterocycles. The van der Waals surface area contributed by atoms with Crippen LogP contribution in [-0.4, -0.2) is 31.1 Å². The fourth-order valence-corrected chi connectivity index (χ4v) is 2.59. The van der Waals surface area contributed by atoms with E-state index in [1.807, 2.05) is 0 Å². The second-order valence-corrected chi connectivity index (χ2v) is 7.01. The highest BCUT2D eigenvalue weighted by molar-refractivity contribution is 9.10. The van der Waals surface area contributed by atoms with Gasteiger partial charge in [-0.15, -0.1) is 0 Å². The van der Waals surface area contributed by atoms with Crippen molar-refractivity contribution in [1.29, 1.82) is 0 Å². The Kier molecular flexibility index (Phi) is 8.43. The molecule has 20 heavy (non-hydrogen) atoms. The van der Waals surface area contributed by atoms with Crippen LogP contribution in [0.25, 0.3) is 0 Å². The summed E-state index contributed by atoms with van der Waals surface area (Å²) in [6, 6.07) is 9.06. The molecule has 1 atom stereocenters. The normalized spacial score (nSPS) is 13.2. The summed E-state index contributed by atoms with van der Waals surface area (Å²) in [7, 11) is 2.18. The number of nitrogens with zero attached hydrogens (tertiary/aromatic N) is 1. The van der Waals surface area contributed by atoms with Crippen LogP contribution in [0.4, 0.5) is 0 Å². The highest BCUT2D eigenvalue weighted by Gasteiger charge is 2.05. The highest BCUT2D eigenvalue weighted by Crippen LogP contribution is 2.17. The Morgan fingerprint density at radius 1 is 1.15 bits per heavy atom. The fraction of sp³-hybridized carbons (Fsp3) is 0.647. The Balaban J connectivity index is 2.20. The van der Waals surface area contributed by atoms with Crippen molar-refractivity contribution in [3.05, 3.63) is 34.3 Å². The summed E-state index contributed by atoms with van der Waals surface area (Å²) in [4.78, 5) is 2.36. The molecule has 0 bridgehead atoms. The zero-order valence-electron chi connectivity index (χ0n) is 13.3. The van der Waals surface area contributed by atoms with E-state index in [1.54, 1.807) is 0 Å². The number of benzene rings is 1. The van der Waals surface area contributed by atoms with Gasteiger partial charge in [-0.25, -0.2) is 0 Å². The number of hydrogen-bond donors (Lipinski definition) is 1. The Hall–Kier alpha value is -0.380. The first kappa shape index (κ1) is 17.7. The molecular weight excluding hydrogens is 312 g/mol. The lowest BCUT2D eigenvalue weighted by Gasteiger charge is -2.20. The predicted octanol–water partition coefficient (Wildman–Crippen LogP) is 4.30.